The molecule has 0 amide bonds. The molecule has 6 nitrogen and oxygen atoms in total. The van der Waals surface area contributed by atoms with E-state index in [-0.39, 0.29) is 12.3 Å². The molecular formula is C14H18O6. The van der Waals surface area contributed by atoms with Crippen LogP contribution in [0.5, 0.6) is 0 Å². The predicted octanol–water partition coefficient (Wildman–Crippen LogP) is 1.36. The summed E-state index contributed by atoms with van der Waals surface area (Å²) < 4.78 is 9.45. The Morgan fingerprint density at radius 3 is 2.40 bits per heavy atom. The van der Waals surface area contributed by atoms with Crippen molar-refractivity contribution in [2.45, 2.75) is 45.4 Å². The Morgan fingerprint density at radius 1 is 1.05 bits per heavy atom. The fourth-order valence-corrected chi connectivity index (χ4v) is 2.89. The van der Waals surface area contributed by atoms with Gasteiger partial charge in [-0.25, -0.2) is 0 Å². The van der Waals surface area contributed by atoms with Crippen LogP contribution in [0.1, 0.15) is 45.4 Å². The molecule has 1 saturated carbocycles. The molecule has 0 aromatic carbocycles. The average molecular weight is 282 g/mol. The SMILES string of the molecule is CC(=O)OC(=O)C1CCCC2CCC(C1)C(=O)OC2=O. The first-order valence-corrected chi connectivity index (χ1v) is 6.95. The van der Waals surface area contributed by atoms with Crippen LogP contribution in [-0.4, -0.2) is 23.9 Å². The lowest BCUT2D eigenvalue weighted by Gasteiger charge is -2.19. The largest absolute Gasteiger partial charge is 0.393 e. The van der Waals surface area contributed by atoms with Gasteiger partial charge in [-0.15, -0.1) is 0 Å². The minimum Gasteiger partial charge on any atom is -0.393 e. The van der Waals surface area contributed by atoms with E-state index in [2.05, 4.69) is 4.74 Å². The van der Waals surface area contributed by atoms with E-state index >= 15 is 0 Å². The highest BCUT2D eigenvalue weighted by atomic mass is 16.6. The van der Waals surface area contributed by atoms with E-state index < -0.39 is 35.7 Å². The minimum atomic E-state index is -0.644. The van der Waals surface area contributed by atoms with Gasteiger partial charge in [0, 0.05) is 6.92 Å². The van der Waals surface area contributed by atoms with Gasteiger partial charge < -0.3 is 9.47 Å². The highest BCUT2D eigenvalue weighted by Crippen LogP contribution is 2.33. The zero-order chi connectivity index (χ0) is 14.7. The van der Waals surface area contributed by atoms with Crippen LogP contribution in [-0.2, 0) is 28.7 Å². The molecule has 2 fully saturated rings. The van der Waals surface area contributed by atoms with E-state index in [0.29, 0.717) is 32.1 Å². The standard InChI is InChI=1S/C14H18O6/c1-8(15)19-13(17)10-4-2-3-9-5-6-11(7-10)14(18)20-12(9)16/h9-11H,2-7H2,1H3. The van der Waals surface area contributed by atoms with E-state index in [1.165, 1.54) is 6.92 Å². The van der Waals surface area contributed by atoms with Crippen molar-refractivity contribution in [3.05, 3.63) is 0 Å². The molecule has 6 heteroatoms. The Bertz CT molecular complexity index is 441. The summed E-state index contributed by atoms with van der Waals surface area (Å²) >= 11 is 0. The summed E-state index contributed by atoms with van der Waals surface area (Å²) in [5, 5.41) is 0. The third-order valence-electron chi connectivity index (χ3n) is 3.98. The summed E-state index contributed by atoms with van der Waals surface area (Å²) in [5.41, 5.74) is 0. The number of esters is 4. The second-order valence-electron chi connectivity index (χ2n) is 5.49. The van der Waals surface area contributed by atoms with Gasteiger partial charge in [0.25, 0.3) is 0 Å². The van der Waals surface area contributed by atoms with Gasteiger partial charge in [0.2, 0.25) is 0 Å². The van der Waals surface area contributed by atoms with Crippen molar-refractivity contribution >= 4 is 23.9 Å². The molecule has 3 unspecified atom stereocenters. The third kappa shape index (κ3) is 3.43. The van der Waals surface area contributed by atoms with Gasteiger partial charge in [-0.3, -0.25) is 19.2 Å². The smallest absolute Gasteiger partial charge is 0.316 e. The van der Waals surface area contributed by atoms with Crippen LogP contribution in [0, 0.1) is 17.8 Å². The van der Waals surface area contributed by atoms with Gasteiger partial charge in [-0.2, -0.15) is 0 Å². The monoisotopic (exact) mass is 282 g/mol. The number of ether oxygens (including phenoxy) is 2. The van der Waals surface area contributed by atoms with Crippen molar-refractivity contribution in [3.63, 3.8) is 0 Å². The maximum absolute atomic E-state index is 11.9. The normalized spacial score (nSPS) is 30.6. The molecular weight excluding hydrogens is 264 g/mol. The summed E-state index contributed by atoms with van der Waals surface area (Å²) in [6.45, 7) is 1.18. The zero-order valence-electron chi connectivity index (χ0n) is 11.4. The topological polar surface area (TPSA) is 86.7 Å². The first kappa shape index (κ1) is 14.7. The first-order chi connectivity index (χ1) is 9.47. The molecule has 1 heterocycles. The molecule has 0 aromatic heterocycles. The Labute approximate surface area is 116 Å². The number of hydrogen-bond donors (Lipinski definition) is 0. The summed E-state index contributed by atoms with van der Waals surface area (Å²) in [5.74, 6) is -3.43. The van der Waals surface area contributed by atoms with Crippen molar-refractivity contribution in [1.29, 1.82) is 0 Å². The molecule has 1 saturated heterocycles. The van der Waals surface area contributed by atoms with Crippen molar-refractivity contribution in [1.82, 2.24) is 0 Å². The molecule has 0 spiro atoms. The highest BCUT2D eigenvalue weighted by molar-refractivity contribution is 5.90. The number of fused-ring (bicyclic) bond motifs is 3. The maximum Gasteiger partial charge on any atom is 0.316 e. The van der Waals surface area contributed by atoms with Crippen molar-refractivity contribution in [2.24, 2.45) is 17.8 Å². The van der Waals surface area contributed by atoms with E-state index in [4.69, 9.17) is 4.74 Å². The molecule has 0 radical (unpaired) electrons. The summed E-state index contributed by atoms with van der Waals surface area (Å²) in [6, 6.07) is 0. The average Bonchev–Trinajstić information content (AvgIpc) is 2.46. The highest BCUT2D eigenvalue weighted by Gasteiger charge is 2.37. The number of carbonyl (C=O) groups is 4. The van der Waals surface area contributed by atoms with Crippen LogP contribution in [0.4, 0.5) is 0 Å². The molecule has 3 atom stereocenters. The van der Waals surface area contributed by atoms with Crippen LogP contribution >= 0.6 is 0 Å². The number of carbonyl (C=O) groups excluding carboxylic acids is 4. The van der Waals surface area contributed by atoms with Gasteiger partial charge in [0.15, 0.2) is 0 Å². The minimum absolute atomic E-state index is 0.258. The van der Waals surface area contributed by atoms with Crippen molar-refractivity contribution in [3.8, 4) is 0 Å². The molecule has 0 N–H and O–H groups in total. The van der Waals surface area contributed by atoms with Crippen LogP contribution in [0.25, 0.3) is 0 Å². The summed E-state index contributed by atoms with van der Waals surface area (Å²) in [4.78, 5) is 46.2. The number of rotatable bonds is 1. The molecule has 2 rings (SSSR count). The molecule has 20 heavy (non-hydrogen) atoms. The van der Waals surface area contributed by atoms with Gasteiger partial charge in [-0.05, 0) is 32.1 Å². The maximum atomic E-state index is 11.9. The van der Waals surface area contributed by atoms with E-state index in [1.54, 1.807) is 0 Å². The molecule has 1 aliphatic carbocycles. The van der Waals surface area contributed by atoms with Crippen LogP contribution in [0.15, 0.2) is 0 Å². The van der Waals surface area contributed by atoms with Gasteiger partial charge in [-0.1, -0.05) is 6.42 Å². The number of cyclic esters (lactones) is 2. The molecule has 2 aliphatic rings. The molecule has 110 valence electrons. The molecule has 0 aromatic rings. The Kier molecular flexibility index (Phi) is 4.52. The molecule has 1 aliphatic heterocycles. The lowest BCUT2D eigenvalue weighted by molar-refractivity contribution is -0.164. The zero-order valence-corrected chi connectivity index (χ0v) is 11.4. The van der Waals surface area contributed by atoms with Crippen LogP contribution in [0.3, 0.4) is 0 Å². The third-order valence-corrected chi connectivity index (χ3v) is 3.98. The fourth-order valence-electron chi connectivity index (χ4n) is 2.89. The second kappa shape index (κ2) is 6.15. The van der Waals surface area contributed by atoms with E-state index in [1.807, 2.05) is 0 Å². The Balaban J connectivity index is 2.12. The van der Waals surface area contributed by atoms with Gasteiger partial charge in [0.1, 0.15) is 0 Å². The number of hydrogen-bond acceptors (Lipinski definition) is 6. The van der Waals surface area contributed by atoms with E-state index in [0.717, 1.165) is 0 Å². The quantitative estimate of drug-likeness (QED) is 0.533. The van der Waals surface area contributed by atoms with E-state index in [9.17, 15) is 19.2 Å². The van der Waals surface area contributed by atoms with Gasteiger partial charge in [0.05, 0.1) is 17.8 Å². The first-order valence-electron chi connectivity index (χ1n) is 6.95. The van der Waals surface area contributed by atoms with Crippen molar-refractivity contribution in [2.75, 3.05) is 0 Å². The predicted molar refractivity (Wildman–Crippen MR) is 66.0 cm³/mol. The van der Waals surface area contributed by atoms with Crippen LogP contribution < -0.4 is 0 Å². The molecule has 2 bridgehead atoms. The van der Waals surface area contributed by atoms with Crippen LogP contribution in [0.2, 0.25) is 0 Å². The lowest BCUT2D eigenvalue weighted by Crippen LogP contribution is -2.28. The van der Waals surface area contributed by atoms with Crippen molar-refractivity contribution < 1.29 is 28.7 Å². The summed E-state index contributed by atoms with van der Waals surface area (Å²) in [7, 11) is 0. The lowest BCUT2D eigenvalue weighted by atomic mass is 9.89. The fraction of sp³-hybridized carbons (Fsp3) is 0.714. The van der Waals surface area contributed by atoms with Gasteiger partial charge >= 0.3 is 23.9 Å². The second-order valence-corrected chi connectivity index (χ2v) is 5.49. The summed E-state index contributed by atoms with van der Waals surface area (Å²) in [6.07, 6.45) is 3.24. The Hall–Kier alpha value is -1.72. The Morgan fingerprint density at radius 2 is 1.70 bits per heavy atom.